The van der Waals surface area contributed by atoms with Crippen molar-refractivity contribution in [2.75, 3.05) is 0 Å². The molecular formula is C17H26N2O2. The Kier molecular flexibility index (Phi) is 4.38. The van der Waals surface area contributed by atoms with Gasteiger partial charge in [-0.2, -0.15) is 0 Å². The molecule has 1 aliphatic rings. The number of benzene rings is 1. The molecule has 2 N–H and O–H groups in total. The van der Waals surface area contributed by atoms with E-state index >= 15 is 0 Å². The predicted octanol–water partition coefficient (Wildman–Crippen LogP) is 4.07. The van der Waals surface area contributed by atoms with Gasteiger partial charge < -0.3 is 5.73 Å². The van der Waals surface area contributed by atoms with E-state index < -0.39 is 0 Å². The van der Waals surface area contributed by atoms with E-state index in [0.717, 1.165) is 31.2 Å². The monoisotopic (exact) mass is 290 g/mol. The van der Waals surface area contributed by atoms with Crippen LogP contribution in [0.2, 0.25) is 0 Å². The van der Waals surface area contributed by atoms with Gasteiger partial charge in [0.05, 0.1) is 4.92 Å². The largest absolute Gasteiger partial charge is 0.325 e. The van der Waals surface area contributed by atoms with Gasteiger partial charge in [0, 0.05) is 17.2 Å². The summed E-state index contributed by atoms with van der Waals surface area (Å²) in [5.41, 5.74) is 7.52. The van der Waals surface area contributed by atoms with Gasteiger partial charge in [0.2, 0.25) is 0 Å². The first-order chi connectivity index (χ1) is 9.71. The summed E-state index contributed by atoms with van der Waals surface area (Å²) in [6.45, 7) is 6.84. The van der Waals surface area contributed by atoms with Crippen molar-refractivity contribution in [2.24, 2.45) is 17.1 Å². The zero-order chi connectivity index (χ0) is 15.7. The first kappa shape index (κ1) is 16.0. The van der Waals surface area contributed by atoms with Crippen LogP contribution in [-0.2, 0) is 6.42 Å². The van der Waals surface area contributed by atoms with E-state index in [1.807, 2.05) is 12.1 Å². The molecule has 0 spiro atoms. The summed E-state index contributed by atoms with van der Waals surface area (Å²) in [7, 11) is 0. The minimum absolute atomic E-state index is 0.195. The lowest BCUT2D eigenvalue weighted by molar-refractivity contribution is -0.385. The van der Waals surface area contributed by atoms with Crippen LogP contribution >= 0.6 is 0 Å². The highest BCUT2D eigenvalue weighted by atomic mass is 16.6. The first-order valence-electron chi connectivity index (χ1n) is 7.72. The highest BCUT2D eigenvalue weighted by Crippen LogP contribution is 2.42. The highest BCUT2D eigenvalue weighted by Gasteiger charge is 2.37. The number of para-hydroxylation sites is 1. The maximum atomic E-state index is 11.1. The van der Waals surface area contributed by atoms with Gasteiger partial charge >= 0.3 is 0 Å². The summed E-state index contributed by atoms with van der Waals surface area (Å²) in [6.07, 6.45) is 4.71. The Morgan fingerprint density at radius 3 is 2.38 bits per heavy atom. The third-order valence-corrected chi connectivity index (χ3v) is 4.94. The fraction of sp³-hybridized carbons (Fsp3) is 0.647. The number of nitro benzene ring substituents is 1. The van der Waals surface area contributed by atoms with Gasteiger partial charge in [-0.3, -0.25) is 10.1 Å². The van der Waals surface area contributed by atoms with Crippen molar-refractivity contribution < 1.29 is 4.92 Å². The number of hydrogen-bond acceptors (Lipinski definition) is 3. The molecule has 0 unspecified atom stereocenters. The van der Waals surface area contributed by atoms with Crippen molar-refractivity contribution in [2.45, 2.75) is 58.4 Å². The van der Waals surface area contributed by atoms with Crippen LogP contribution in [0, 0.1) is 21.4 Å². The molecule has 1 fully saturated rings. The zero-order valence-electron chi connectivity index (χ0n) is 13.3. The van der Waals surface area contributed by atoms with E-state index in [1.54, 1.807) is 12.1 Å². The van der Waals surface area contributed by atoms with Crippen LogP contribution in [0.25, 0.3) is 0 Å². The highest BCUT2D eigenvalue weighted by molar-refractivity contribution is 5.41. The molecule has 1 aromatic rings. The summed E-state index contributed by atoms with van der Waals surface area (Å²) in [4.78, 5) is 10.8. The quantitative estimate of drug-likeness (QED) is 0.674. The van der Waals surface area contributed by atoms with Crippen molar-refractivity contribution in [3.8, 4) is 0 Å². The summed E-state index contributed by atoms with van der Waals surface area (Å²) in [5, 5.41) is 11.1. The second kappa shape index (κ2) is 5.76. The van der Waals surface area contributed by atoms with Crippen molar-refractivity contribution in [3.05, 3.63) is 39.9 Å². The molecule has 0 saturated heterocycles. The third-order valence-electron chi connectivity index (χ3n) is 4.94. The Morgan fingerprint density at radius 2 is 1.86 bits per heavy atom. The molecule has 2 rings (SSSR count). The van der Waals surface area contributed by atoms with Crippen LogP contribution in [0.5, 0.6) is 0 Å². The number of nitrogens with two attached hydrogens (primary N) is 1. The van der Waals surface area contributed by atoms with Crippen molar-refractivity contribution in [3.63, 3.8) is 0 Å². The zero-order valence-corrected chi connectivity index (χ0v) is 13.3. The van der Waals surface area contributed by atoms with Crippen LogP contribution in [-0.4, -0.2) is 10.5 Å². The Hall–Kier alpha value is -1.42. The average molecular weight is 290 g/mol. The first-order valence-corrected chi connectivity index (χ1v) is 7.72. The summed E-state index contributed by atoms with van der Waals surface area (Å²) in [6, 6.07) is 6.97. The predicted molar refractivity (Wildman–Crippen MR) is 85.1 cm³/mol. The Balaban J connectivity index is 2.09. The van der Waals surface area contributed by atoms with Crippen molar-refractivity contribution in [1.82, 2.24) is 0 Å². The van der Waals surface area contributed by atoms with Gasteiger partial charge in [0.15, 0.2) is 0 Å². The SMILES string of the molecule is CC(C)(C)C1CCC(N)(Cc2ccccc2[N+](=O)[O-])CC1. The molecule has 4 heteroatoms. The van der Waals surface area contributed by atoms with Gasteiger partial charge in [0.25, 0.3) is 5.69 Å². The van der Waals surface area contributed by atoms with Crippen LogP contribution in [0.4, 0.5) is 5.69 Å². The van der Waals surface area contributed by atoms with Crippen molar-refractivity contribution >= 4 is 5.69 Å². The normalized spacial score (nSPS) is 26.6. The van der Waals surface area contributed by atoms with E-state index in [9.17, 15) is 10.1 Å². The Morgan fingerprint density at radius 1 is 1.29 bits per heavy atom. The smallest absolute Gasteiger partial charge is 0.272 e. The van der Waals surface area contributed by atoms with Crippen LogP contribution in [0.15, 0.2) is 24.3 Å². The van der Waals surface area contributed by atoms with E-state index in [4.69, 9.17) is 5.73 Å². The standard InChI is InChI=1S/C17H26N2O2/c1-16(2,3)14-8-10-17(18,11-9-14)12-13-6-4-5-7-15(13)19(20)21/h4-7,14H,8-12,18H2,1-3H3. The van der Waals surface area contributed by atoms with Crippen molar-refractivity contribution in [1.29, 1.82) is 0 Å². The van der Waals surface area contributed by atoms with Gasteiger partial charge in [-0.25, -0.2) is 0 Å². The number of hydrogen-bond donors (Lipinski definition) is 1. The molecule has 4 nitrogen and oxygen atoms in total. The fourth-order valence-corrected chi connectivity index (χ4v) is 3.45. The van der Waals surface area contributed by atoms with Crippen LogP contribution < -0.4 is 5.73 Å². The molecule has 0 radical (unpaired) electrons. The molecular weight excluding hydrogens is 264 g/mol. The second-order valence-electron chi connectivity index (χ2n) is 7.57. The molecule has 21 heavy (non-hydrogen) atoms. The molecule has 0 heterocycles. The average Bonchev–Trinajstić information content (AvgIpc) is 2.38. The number of rotatable bonds is 3. The lowest BCUT2D eigenvalue weighted by Gasteiger charge is -2.42. The van der Waals surface area contributed by atoms with E-state index in [-0.39, 0.29) is 16.1 Å². The Bertz CT molecular complexity index is 512. The molecule has 0 amide bonds. The molecule has 0 aromatic heterocycles. The van der Waals surface area contributed by atoms with Crippen LogP contribution in [0.3, 0.4) is 0 Å². The molecule has 0 aliphatic heterocycles. The second-order valence-corrected chi connectivity index (χ2v) is 7.57. The summed E-state index contributed by atoms with van der Waals surface area (Å²) < 4.78 is 0. The van der Waals surface area contributed by atoms with Gasteiger partial charge in [-0.15, -0.1) is 0 Å². The molecule has 0 bridgehead atoms. The molecule has 0 atom stereocenters. The third kappa shape index (κ3) is 3.82. The maximum absolute atomic E-state index is 11.1. The Labute approximate surface area is 126 Å². The molecule has 1 aromatic carbocycles. The molecule has 1 saturated carbocycles. The van der Waals surface area contributed by atoms with E-state index in [0.29, 0.717) is 17.8 Å². The lowest BCUT2D eigenvalue weighted by atomic mass is 9.66. The number of nitrogens with zero attached hydrogens (tertiary/aromatic N) is 1. The minimum atomic E-state index is -0.306. The summed E-state index contributed by atoms with van der Waals surface area (Å²) >= 11 is 0. The van der Waals surface area contributed by atoms with Gasteiger partial charge in [0.1, 0.15) is 0 Å². The maximum Gasteiger partial charge on any atom is 0.272 e. The molecule has 116 valence electrons. The fourth-order valence-electron chi connectivity index (χ4n) is 3.45. The topological polar surface area (TPSA) is 69.2 Å². The van der Waals surface area contributed by atoms with E-state index in [2.05, 4.69) is 20.8 Å². The lowest BCUT2D eigenvalue weighted by Crippen LogP contribution is -2.46. The number of nitro groups is 1. The minimum Gasteiger partial charge on any atom is -0.325 e. The van der Waals surface area contributed by atoms with E-state index in [1.165, 1.54) is 0 Å². The van der Waals surface area contributed by atoms with Gasteiger partial charge in [-0.05, 0) is 43.4 Å². The van der Waals surface area contributed by atoms with Crippen LogP contribution in [0.1, 0.15) is 52.0 Å². The molecule has 1 aliphatic carbocycles. The summed E-state index contributed by atoms with van der Waals surface area (Å²) in [5.74, 6) is 0.694. The van der Waals surface area contributed by atoms with Gasteiger partial charge in [-0.1, -0.05) is 39.0 Å².